The summed E-state index contributed by atoms with van der Waals surface area (Å²) in [7, 11) is -4.27. The Bertz CT molecular complexity index is 1810. The second-order valence-corrected chi connectivity index (χ2v) is 14.3. The van der Waals surface area contributed by atoms with Gasteiger partial charge in [0, 0.05) is 12.6 Å². The van der Waals surface area contributed by atoms with Gasteiger partial charge in [-0.05, 0) is 60.6 Å². The zero-order valence-electron chi connectivity index (χ0n) is 23.2. The first-order valence-electron chi connectivity index (χ1n) is 14.0. The van der Waals surface area contributed by atoms with Crippen molar-refractivity contribution >= 4 is 44.0 Å². The molecule has 0 radical (unpaired) electrons. The van der Waals surface area contributed by atoms with Gasteiger partial charge in [-0.1, -0.05) is 54.1 Å². The van der Waals surface area contributed by atoms with Gasteiger partial charge in [0.1, 0.15) is 17.3 Å². The highest BCUT2D eigenvalue weighted by molar-refractivity contribution is 7.92. The van der Waals surface area contributed by atoms with Crippen LogP contribution in [0.1, 0.15) is 37.7 Å². The van der Waals surface area contributed by atoms with Gasteiger partial charge in [0.05, 0.1) is 26.7 Å². The maximum atomic E-state index is 14.4. The molecule has 0 spiro atoms. The van der Waals surface area contributed by atoms with Gasteiger partial charge in [-0.25, -0.2) is 8.42 Å². The molecule has 13 heteroatoms. The van der Waals surface area contributed by atoms with Crippen molar-refractivity contribution in [3.8, 4) is 11.8 Å². The Labute approximate surface area is 256 Å². The van der Waals surface area contributed by atoms with Crippen LogP contribution in [0.15, 0.2) is 65.6 Å². The van der Waals surface area contributed by atoms with E-state index < -0.39 is 50.8 Å². The van der Waals surface area contributed by atoms with Gasteiger partial charge in [0.2, 0.25) is 11.8 Å². The Kier molecular flexibility index (Phi) is 7.32. The molecule has 1 saturated heterocycles. The van der Waals surface area contributed by atoms with Crippen molar-refractivity contribution in [2.75, 3.05) is 13.2 Å². The van der Waals surface area contributed by atoms with E-state index in [4.69, 9.17) is 11.6 Å². The highest BCUT2D eigenvalue weighted by atomic mass is 35.5. The lowest BCUT2D eigenvalue weighted by Gasteiger charge is -2.29. The molecule has 2 aliphatic carbocycles. The number of likely N-dealkylation sites (tertiary alicyclic amines) is 1. The van der Waals surface area contributed by atoms with E-state index in [2.05, 4.69) is 16.1 Å². The number of rotatable bonds is 8. The Morgan fingerprint density at radius 3 is 2.41 bits per heavy atom. The molecule has 3 aromatic carbocycles. The van der Waals surface area contributed by atoms with Crippen LogP contribution < -0.4 is 10.1 Å². The van der Waals surface area contributed by atoms with E-state index in [9.17, 15) is 36.4 Å². The van der Waals surface area contributed by atoms with E-state index in [1.54, 1.807) is 0 Å². The minimum Gasteiger partial charge on any atom is -0.484 e. The summed E-state index contributed by atoms with van der Waals surface area (Å²) in [5.41, 5.74) is -1.16. The van der Waals surface area contributed by atoms with Crippen LogP contribution in [0.25, 0.3) is 10.8 Å². The third-order valence-electron chi connectivity index (χ3n) is 8.67. The highest BCUT2D eigenvalue weighted by Gasteiger charge is 2.58. The zero-order chi connectivity index (χ0) is 31.5. The lowest BCUT2D eigenvalue weighted by molar-refractivity contribution is -0.153. The summed E-state index contributed by atoms with van der Waals surface area (Å²) >= 11 is 6.24. The smallest absolute Gasteiger partial charge is 0.422 e. The molecule has 2 saturated carbocycles. The van der Waals surface area contributed by atoms with Crippen LogP contribution >= 0.6 is 11.6 Å². The molecule has 0 bridgehead atoms. The molecular weight excluding hydrogens is 619 g/mol. The number of fused-ring (bicyclic) bond motifs is 1. The normalized spacial score (nSPS) is 21.8. The van der Waals surface area contributed by atoms with Crippen molar-refractivity contribution in [1.29, 1.82) is 5.26 Å². The van der Waals surface area contributed by atoms with Crippen LogP contribution in [0.5, 0.6) is 5.75 Å². The molecule has 1 N–H and O–H groups in total. The number of alkyl halides is 3. The predicted molar refractivity (Wildman–Crippen MR) is 155 cm³/mol. The number of amides is 2. The Morgan fingerprint density at radius 2 is 1.77 bits per heavy atom. The summed E-state index contributed by atoms with van der Waals surface area (Å²) in [6, 6.07) is 17.4. The minimum atomic E-state index is -4.60. The summed E-state index contributed by atoms with van der Waals surface area (Å²) < 4.78 is 70.2. The zero-order valence-corrected chi connectivity index (χ0v) is 24.8. The molecule has 6 rings (SSSR count). The van der Waals surface area contributed by atoms with Gasteiger partial charge in [-0.15, -0.1) is 0 Å². The van der Waals surface area contributed by atoms with Crippen LogP contribution in [-0.2, 0) is 24.8 Å². The second-order valence-electron chi connectivity index (χ2n) is 11.7. The number of hydrogen-bond donors (Lipinski definition) is 1. The number of carbonyl (C=O) groups excluding carboxylic acids is 2. The largest absolute Gasteiger partial charge is 0.484 e. The van der Waals surface area contributed by atoms with E-state index in [0.29, 0.717) is 25.7 Å². The lowest BCUT2D eigenvalue weighted by atomic mass is 9.89. The quantitative estimate of drug-likeness (QED) is 0.365. The Balaban J connectivity index is 1.32. The van der Waals surface area contributed by atoms with Gasteiger partial charge >= 0.3 is 6.18 Å². The Hall–Kier alpha value is -3.82. The van der Waals surface area contributed by atoms with Crippen LogP contribution in [0.2, 0.25) is 5.02 Å². The number of nitrogens with zero attached hydrogens (tertiary/aromatic N) is 2. The fourth-order valence-electron chi connectivity index (χ4n) is 5.99. The molecule has 44 heavy (non-hydrogen) atoms. The number of ether oxygens (including phenoxy) is 1. The number of nitrogens with one attached hydrogen (secondary N) is 1. The van der Waals surface area contributed by atoms with Crippen molar-refractivity contribution in [2.45, 2.75) is 65.4 Å². The van der Waals surface area contributed by atoms with Crippen molar-refractivity contribution in [1.82, 2.24) is 10.2 Å². The standard InChI is InChI=1S/C31H27ClF3N3O5S/c32-24-14-20(43-18-31(33,34)35)8-9-26(24)44(41,42)21-15-25(27(39)37-29(17-36)10-11-29)38(16-21)28(40)30(12-13-30)23-7-3-5-19-4-1-2-6-22(19)23/h1-9,14,21,25H,10-13,15-16,18H2,(H,37,39). The van der Waals surface area contributed by atoms with Gasteiger partial charge in [-0.3, -0.25) is 9.59 Å². The Morgan fingerprint density at radius 1 is 1.07 bits per heavy atom. The van der Waals surface area contributed by atoms with E-state index in [1.807, 2.05) is 42.5 Å². The summed E-state index contributed by atoms with van der Waals surface area (Å²) in [4.78, 5) is 28.9. The third-order valence-corrected chi connectivity index (χ3v) is 11.3. The molecule has 2 amide bonds. The molecule has 1 heterocycles. The first-order valence-corrected chi connectivity index (χ1v) is 16.0. The lowest BCUT2D eigenvalue weighted by Crippen LogP contribution is -2.51. The van der Waals surface area contributed by atoms with Crippen molar-refractivity contribution in [3.05, 3.63) is 71.2 Å². The average Bonchev–Trinajstić information content (AvgIpc) is 3.91. The van der Waals surface area contributed by atoms with E-state index in [1.165, 1.54) is 4.90 Å². The number of halogens is 4. The summed E-state index contributed by atoms with van der Waals surface area (Å²) in [6.45, 7) is -1.87. The maximum absolute atomic E-state index is 14.4. The average molecular weight is 646 g/mol. The van der Waals surface area contributed by atoms with Crippen LogP contribution in [-0.4, -0.2) is 61.3 Å². The first-order chi connectivity index (χ1) is 20.8. The maximum Gasteiger partial charge on any atom is 0.422 e. The second kappa shape index (κ2) is 10.7. The molecule has 8 nitrogen and oxygen atoms in total. The van der Waals surface area contributed by atoms with Crippen LogP contribution in [0, 0.1) is 11.3 Å². The molecule has 230 valence electrons. The van der Waals surface area contributed by atoms with E-state index in [-0.39, 0.29) is 34.5 Å². The topological polar surface area (TPSA) is 117 Å². The van der Waals surface area contributed by atoms with Gasteiger partial charge in [-0.2, -0.15) is 18.4 Å². The minimum absolute atomic E-state index is 0.240. The van der Waals surface area contributed by atoms with Crippen molar-refractivity contribution in [2.24, 2.45) is 0 Å². The van der Waals surface area contributed by atoms with Crippen molar-refractivity contribution in [3.63, 3.8) is 0 Å². The van der Waals surface area contributed by atoms with Crippen LogP contribution in [0.4, 0.5) is 13.2 Å². The summed E-state index contributed by atoms with van der Waals surface area (Å²) in [5, 5.41) is 12.5. The monoisotopic (exact) mass is 645 g/mol. The van der Waals surface area contributed by atoms with Crippen LogP contribution in [0.3, 0.4) is 0 Å². The molecule has 3 aliphatic rings. The molecule has 1 aliphatic heterocycles. The number of sulfone groups is 1. The van der Waals surface area contributed by atoms with E-state index in [0.717, 1.165) is 34.5 Å². The number of hydrogen-bond acceptors (Lipinski definition) is 6. The molecule has 0 aromatic heterocycles. The fraction of sp³-hybridized carbons (Fsp3) is 0.387. The predicted octanol–water partition coefficient (Wildman–Crippen LogP) is 5.08. The molecule has 3 fully saturated rings. The summed E-state index contributed by atoms with van der Waals surface area (Å²) in [5.74, 6) is -1.23. The number of benzene rings is 3. The first kappa shape index (κ1) is 30.2. The van der Waals surface area contributed by atoms with Gasteiger partial charge in [0.25, 0.3) is 0 Å². The SMILES string of the molecule is N#CC1(NC(=O)C2CC(S(=O)(=O)c3ccc(OCC(F)(F)F)cc3Cl)CN2C(=O)C2(c3cccc4ccccc34)CC2)CC1. The highest BCUT2D eigenvalue weighted by Crippen LogP contribution is 2.53. The molecule has 2 unspecified atom stereocenters. The van der Waals surface area contributed by atoms with Gasteiger partial charge in [0.15, 0.2) is 16.4 Å². The number of carbonyl (C=O) groups is 2. The van der Waals surface area contributed by atoms with E-state index >= 15 is 0 Å². The number of nitriles is 1. The third kappa shape index (κ3) is 5.48. The fourth-order valence-corrected chi connectivity index (χ4v) is 8.23. The van der Waals surface area contributed by atoms with Crippen molar-refractivity contribution < 1.29 is 35.9 Å². The molecular formula is C31H27ClF3N3O5S. The van der Waals surface area contributed by atoms with Gasteiger partial charge < -0.3 is 15.0 Å². The molecule has 3 aromatic rings. The summed E-state index contributed by atoms with van der Waals surface area (Å²) in [6.07, 6.45) is -2.88. The molecule has 2 atom stereocenters.